The largest absolute Gasteiger partial charge is 0.347 e. The number of aromatic nitrogens is 3. The second-order valence-electron chi connectivity index (χ2n) is 5.29. The van der Waals surface area contributed by atoms with Gasteiger partial charge in [0.25, 0.3) is 5.91 Å². The van der Waals surface area contributed by atoms with Crippen molar-refractivity contribution in [3.8, 4) is 5.69 Å². The molecule has 1 saturated heterocycles. The molecule has 0 saturated carbocycles. The molecule has 0 radical (unpaired) electrons. The van der Waals surface area contributed by atoms with Gasteiger partial charge in [-0.1, -0.05) is 29.8 Å². The third kappa shape index (κ3) is 3.83. The van der Waals surface area contributed by atoms with E-state index in [1.54, 1.807) is 16.8 Å². The molecule has 124 valence electrons. The molecule has 1 amide bonds. The van der Waals surface area contributed by atoms with Gasteiger partial charge in [-0.3, -0.25) is 4.79 Å². The first-order valence-corrected chi connectivity index (χ1v) is 7.79. The average Bonchev–Trinajstić information content (AvgIpc) is 3.15. The molecular formula is C15H19Cl2N5O. The molecule has 1 unspecified atom stereocenters. The highest BCUT2D eigenvalue weighted by atomic mass is 35.5. The number of halogens is 2. The zero-order valence-corrected chi connectivity index (χ0v) is 14.3. The Morgan fingerprint density at radius 3 is 3.00 bits per heavy atom. The number of benzene rings is 1. The Morgan fingerprint density at radius 1 is 1.52 bits per heavy atom. The van der Waals surface area contributed by atoms with Gasteiger partial charge in [-0.2, -0.15) is 0 Å². The summed E-state index contributed by atoms with van der Waals surface area (Å²) in [5.74, 6) is -0.168. The van der Waals surface area contributed by atoms with E-state index in [4.69, 9.17) is 11.6 Å². The molecule has 1 aliphatic heterocycles. The third-order valence-electron chi connectivity index (χ3n) is 3.76. The predicted octanol–water partition coefficient (Wildman–Crippen LogP) is 2.00. The van der Waals surface area contributed by atoms with E-state index >= 15 is 0 Å². The van der Waals surface area contributed by atoms with Crippen molar-refractivity contribution in [2.45, 2.75) is 25.8 Å². The molecule has 23 heavy (non-hydrogen) atoms. The van der Waals surface area contributed by atoms with Crippen LogP contribution >= 0.6 is 24.0 Å². The molecule has 2 aromatic rings. The Balaban J connectivity index is 0.00000192. The highest BCUT2D eigenvalue weighted by Crippen LogP contribution is 2.18. The fourth-order valence-electron chi connectivity index (χ4n) is 2.64. The van der Waals surface area contributed by atoms with Crippen molar-refractivity contribution in [2.75, 3.05) is 13.1 Å². The number of carbonyl (C=O) groups excluding carboxylic acids is 1. The van der Waals surface area contributed by atoms with Crippen LogP contribution in [0, 0.1) is 0 Å². The maximum atomic E-state index is 12.4. The predicted molar refractivity (Wildman–Crippen MR) is 91.7 cm³/mol. The lowest BCUT2D eigenvalue weighted by atomic mass is 10.2. The lowest BCUT2D eigenvalue weighted by molar-refractivity contribution is 0.0934. The van der Waals surface area contributed by atoms with Gasteiger partial charge in [-0.15, -0.1) is 17.5 Å². The van der Waals surface area contributed by atoms with E-state index in [0.29, 0.717) is 17.1 Å². The first kappa shape index (κ1) is 17.7. The number of nitrogens with one attached hydrogen (secondary N) is 2. The number of hydrogen-bond acceptors (Lipinski definition) is 4. The van der Waals surface area contributed by atoms with E-state index in [1.807, 2.05) is 19.1 Å². The molecule has 6 nitrogen and oxygen atoms in total. The Labute approximate surface area is 146 Å². The second kappa shape index (κ2) is 7.77. The topological polar surface area (TPSA) is 71.8 Å². The van der Waals surface area contributed by atoms with Crippen LogP contribution in [0.5, 0.6) is 0 Å². The average molecular weight is 356 g/mol. The zero-order chi connectivity index (χ0) is 15.5. The smallest absolute Gasteiger partial charge is 0.274 e. The molecule has 1 fully saturated rings. The van der Waals surface area contributed by atoms with Gasteiger partial charge >= 0.3 is 0 Å². The summed E-state index contributed by atoms with van der Waals surface area (Å²) in [6.07, 6.45) is 1.60. The standard InChI is InChI=1S/C15H18ClN5O.ClH/c1-2-13-14(15(22)18-11-6-7-17-9-11)19-20-21(13)12-5-3-4-10(16)8-12;/h3-5,8,11,17H,2,6-7,9H2,1H3,(H,18,22);1H. The van der Waals surface area contributed by atoms with Crippen molar-refractivity contribution in [1.82, 2.24) is 25.6 Å². The van der Waals surface area contributed by atoms with E-state index in [2.05, 4.69) is 20.9 Å². The molecule has 3 rings (SSSR count). The molecular weight excluding hydrogens is 337 g/mol. The van der Waals surface area contributed by atoms with Crippen LogP contribution in [0.3, 0.4) is 0 Å². The van der Waals surface area contributed by atoms with Gasteiger partial charge in [0.05, 0.1) is 11.4 Å². The van der Waals surface area contributed by atoms with E-state index in [9.17, 15) is 4.79 Å². The quantitative estimate of drug-likeness (QED) is 0.879. The van der Waals surface area contributed by atoms with E-state index in [-0.39, 0.29) is 24.4 Å². The van der Waals surface area contributed by atoms with Gasteiger partial charge in [0, 0.05) is 17.6 Å². The monoisotopic (exact) mass is 355 g/mol. The zero-order valence-electron chi connectivity index (χ0n) is 12.8. The molecule has 0 aliphatic carbocycles. The Bertz CT molecular complexity index is 682. The van der Waals surface area contributed by atoms with E-state index in [1.165, 1.54) is 0 Å². The summed E-state index contributed by atoms with van der Waals surface area (Å²) < 4.78 is 1.67. The highest BCUT2D eigenvalue weighted by molar-refractivity contribution is 6.30. The van der Waals surface area contributed by atoms with Crippen LogP contribution in [-0.2, 0) is 6.42 Å². The van der Waals surface area contributed by atoms with Crippen LogP contribution < -0.4 is 10.6 Å². The van der Waals surface area contributed by atoms with Crippen LogP contribution in [0.4, 0.5) is 0 Å². The van der Waals surface area contributed by atoms with Crippen molar-refractivity contribution >= 4 is 29.9 Å². The summed E-state index contributed by atoms with van der Waals surface area (Å²) in [5.41, 5.74) is 1.97. The summed E-state index contributed by atoms with van der Waals surface area (Å²) >= 11 is 6.03. The number of carbonyl (C=O) groups is 1. The van der Waals surface area contributed by atoms with E-state index < -0.39 is 0 Å². The van der Waals surface area contributed by atoms with Crippen LogP contribution in [0.2, 0.25) is 5.02 Å². The Hall–Kier alpha value is -1.63. The highest BCUT2D eigenvalue weighted by Gasteiger charge is 2.23. The van der Waals surface area contributed by atoms with Crippen LogP contribution in [0.25, 0.3) is 5.69 Å². The maximum absolute atomic E-state index is 12.4. The lowest BCUT2D eigenvalue weighted by Gasteiger charge is -2.11. The minimum absolute atomic E-state index is 0. The molecule has 8 heteroatoms. The van der Waals surface area contributed by atoms with Gasteiger partial charge in [-0.05, 0) is 37.6 Å². The maximum Gasteiger partial charge on any atom is 0.274 e. The Kier molecular flexibility index (Phi) is 5.98. The van der Waals surface area contributed by atoms with Crippen molar-refractivity contribution in [1.29, 1.82) is 0 Å². The molecule has 2 N–H and O–H groups in total. The first-order valence-electron chi connectivity index (χ1n) is 7.41. The van der Waals surface area contributed by atoms with E-state index in [0.717, 1.165) is 30.9 Å². The van der Waals surface area contributed by atoms with Gasteiger partial charge in [0.2, 0.25) is 0 Å². The molecule has 1 aliphatic rings. The SMILES string of the molecule is CCc1c(C(=O)NC2CCNC2)nnn1-c1cccc(Cl)c1.Cl. The van der Waals surface area contributed by atoms with Crippen LogP contribution in [-0.4, -0.2) is 40.0 Å². The van der Waals surface area contributed by atoms with Crippen LogP contribution in [0.15, 0.2) is 24.3 Å². The number of amides is 1. The minimum Gasteiger partial charge on any atom is -0.347 e. The summed E-state index contributed by atoms with van der Waals surface area (Å²) in [7, 11) is 0. The van der Waals surface area contributed by atoms with Gasteiger partial charge in [-0.25, -0.2) is 4.68 Å². The van der Waals surface area contributed by atoms with Gasteiger partial charge in [0.1, 0.15) is 0 Å². The third-order valence-corrected chi connectivity index (χ3v) is 4.00. The molecule has 0 bridgehead atoms. The number of nitrogens with zero attached hydrogens (tertiary/aromatic N) is 3. The van der Waals surface area contributed by atoms with Crippen LogP contribution in [0.1, 0.15) is 29.5 Å². The molecule has 1 aromatic heterocycles. The van der Waals surface area contributed by atoms with Crippen molar-refractivity contribution in [3.63, 3.8) is 0 Å². The summed E-state index contributed by atoms with van der Waals surface area (Å²) in [5, 5.41) is 15.0. The summed E-state index contributed by atoms with van der Waals surface area (Å²) in [6, 6.07) is 7.51. The van der Waals surface area contributed by atoms with Gasteiger partial charge in [0.15, 0.2) is 5.69 Å². The normalized spacial score (nSPS) is 16.9. The van der Waals surface area contributed by atoms with Crippen molar-refractivity contribution in [2.24, 2.45) is 0 Å². The summed E-state index contributed by atoms with van der Waals surface area (Å²) in [6.45, 7) is 3.71. The Morgan fingerprint density at radius 2 is 2.35 bits per heavy atom. The molecule has 1 aromatic carbocycles. The molecule has 0 spiro atoms. The number of hydrogen-bond donors (Lipinski definition) is 2. The van der Waals surface area contributed by atoms with Crippen molar-refractivity contribution < 1.29 is 4.79 Å². The fraction of sp³-hybridized carbons (Fsp3) is 0.400. The first-order chi connectivity index (χ1) is 10.7. The number of rotatable bonds is 4. The lowest BCUT2D eigenvalue weighted by Crippen LogP contribution is -2.36. The van der Waals surface area contributed by atoms with Gasteiger partial charge < -0.3 is 10.6 Å². The van der Waals surface area contributed by atoms with Crippen molar-refractivity contribution in [3.05, 3.63) is 40.7 Å². The summed E-state index contributed by atoms with van der Waals surface area (Å²) in [4.78, 5) is 12.4. The molecule has 2 heterocycles. The molecule has 1 atom stereocenters. The fourth-order valence-corrected chi connectivity index (χ4v) is 2.83. The second-order valence-corrected chi connectivity index (χ2v) is 5.73. The minimum atomic E-state index is -0.168.